The van der Waals surface area contributed by atoms with E-state index in [1.165, 1.54) is 0 Å². The van der Waals surface area contributed by atoms with Crippen LogP contribution in [-0.2, 0) is 9.67 Å². The zero-order chi connectivity index (χ0) is 12.6. The summed E-state index contributed by atoms with van der Waals surface area (Å²) in [6, 6.07) is 9.10. The fraction of sp³-hybridized carbons (Fsp3) is 0.417. The number of benzene rings is 1. The van der Waals surface area contributed by atoms with Gasteiger partial charge in [-0.15, -0.1) is 34.8 Å². The maximum absolute atomic E-state index is 11.7. The predicted octanol–water partition coefficient (Wildman–Crippen LogP) is 2.67. The monoisotopic (exact) mass is 292 g/mol. The summed E-state index contributed by atoms with van der Waals surface area (Å²) in [6.07, 6.45) is -1.26. The van der Waals surface area contributed by atoms with Crippen molar-refractivity contribution in [2.75, 3.05) is 0 Å². The molecule has 2 nitrogen and oxygen atoms in total. The summed E-state index contributed by atoms with van der Waals surface area (Å²) in [5, 5.41) is 7.98. The third-order valence-corrected chi connectivity index (χ3v) is 5.00. The van der Waals surface area contributed by atoms with Gasteiger partial charge in [-0.3, -0.25) is 4.79 Å². The summed E-state index contributed by atoms with van der Waals surface area (Å²) in [7, 11) is 0. The van der Waals surface area contributed by atoms with Gasteiger partial charge in [-0.2, -0.15) is 0 Å². The standard InChI is InChI=1S/C12H11Cl3O2/c13-9-10(17)8(16)6-12(15,11(9)14)7-4-2-1-3-5-7/h1-5,9-11,17H,6H2. The third kappa shape index (κ3) is 2.19. The first-order valence-electron chi connectivity index (χ1n) is 5.20. The first kappa shape index (κ1) is 13.2. The molecule has 17 heavy (non-hydrogen) atoms. The summed E-state index contributed by atoms with van der Waals surface area (Å²) in [6.45, 7) is 0. The summed E-state index contributed by atoms with van der Waals surface area (Å²) in [5.74, 6) is -0.374. The van der Waals surface area contributed by atoms with E-state index in [9.17, 15) is 9.90 Å². The topological polar surface area (TPSA) is 37.3 Å². The lowest BCUT2D eigenvalue weighted by Gasteiger charge is -2.40. The van der Waals surface area contributed by atoms with Gasteiger partial charge in [0.25, 0.3) is 0 Å². The molecule has 0 spiro atoms. The minimum absolute atomic E-state index is 0.0167. The highest BCUT2D eigenvalue weighted by atomic mass is 35.5. The largest absolute Gasteiger partial charge is 0.384 e. The van der Waals surface area contributed by atoms with Crippen LogP contribution in [0.3, 0.4) is 0 Å². The van der Waals surface area contributed by atoms with Crippen LogP contribution >= 0.6 is 34.8 Å². The fourth-order valence-corrected chi connectivity index (χ4v) is 3.18. The number of alkyl halides is 3. The molecule has 5 heteroatoms. The zero-order valence-electron chi connectivity index (χ0n) is 8.82. The van der Waals surface area contributed by atoms with Crippen LogP contribution in [0.5, 0.6) is 0 Å². The molecule has 0 heterocycles. The van der Waals surface area contributed by atoms with E-state index in [4.69, 9.17) is 34.8 Å². The minimum atomic E-state index is -1.24. The average Bonchev–Trinajstić information content (AvgIpc) is 2.35. The highest BCUT2D eigenvalue weighted by Gasteiger charge is 2.51. The van der Waals surface area contributed by atoms with Gasteiger partial charge in [-0.05, 0) is 5.56 Å². The molecule has 0 amide bonds. The molecule has 1 aliphatic carbocycles. The Morgan fingerprint density at radius 1 is 1.24 bits per heavy atom. The van der Waals surface area contributed by atoms with Crippen molar-refractivity contribution in [2.24, 2.45) is 0 Å². The molecule has 0 bridgehead atoms. The zero-order valence-corrected chi connectivity index (χ0v) is 11.1. The average molecular weight is 294 g/mol. The van der Waals surface area contributed by atoms with Crippen LogP contribution in [0.4, 0.5) is 0 Å². The number of halogens is 3. The Bertz CT molecular complexity index is 423. The van der Waals surface area contributed by atoms with Crippen LogP contribution in [0, 0.1) is 0 Å². The van der Waals surface area contributed by atoms with Gasteiger partial charge in [-0.1, -0.05) is 30.3 Å². The van der Waals surface area contributed by atoms with Gasteiger partial charge >= 0.3 is 0 Å². The molecule has 1 fully saturated rings. The summed E-state index contributed by atoms with van der Waals surface area (Å²) < 4.78 is 0. The van der Waals surface area contributed by atoms with Crippen LogP contribution in [0.1, 0.15) is 12.0 Å². The molecule has 92 valence electrons. The lowest BCUT2D eigenvalue weighted by molar-refractivity contribution is -0.129. The van der Waals surface area contributed by atoms with Gasteiger partial charge in [-0.25, -0.2) is 0 Å². The van der Waals surface area contributed by atoms with Gasteiger partial charge in [0.2, 0.25) is 0 Å². The summed E-state index contributed by atoms with van der Waals surface area (Å²) in [4.78, 5) is 10.6. The Hall–Kier alpha value is -0.280. The van der Waals surface area contributed by atoms with E-state index in [0.717, 1.165) is 5.56 Å². The Morgan fingerprint density at radius 3 is 2.41 bits per heavy atom. The van der Waals surface area contributed by atoms with E-state index in [1.54, 1.807) is 12.1 Å². The lowest BCUT2D eigenvalue weighted by atomic mass is 9.80. The number of carbonyl (C=O) groups excluding carboxylic acids is 1. The Morgan fingerprint density at radius 2 is 1.82 bits per heavy atom. The maximum atomic E-state index is 11.7. The highest BCUT2D eigenvalue weighted by Crippen LogP contribution is 2.46. The Balaban J connectivity index is 2.40. The van der Waals surface area contributed by atoms with Crippen LogP contribution in [0.25, 0.3) is 0 Å². The first-order chi connectivity index (χ1) is 7.97. The molecule has 0 aliphatic heterocycles. The molecule has 0 radical (unpaired) electrons. The number of Topliss-reactive ketones (excluding diaryl/α,β-unsaturated/α-hetero) is 1. The molecule has 0 saturated heterocycles. The summed E-state index contributed by atoms with van der Waals surface area (Å²) >= 11 is 18.6. The van der Waals surface area contributed by atoms with Crippen molar-refractivity contribution in [1.29, 1.82) is 0 Å². The van der Waals surface area contributed by atoms with Crippen molar-refractivity contribution < 1.29 is 9.90 Å². The number of hydrogen-bond acceptors (Lipinski definition) is 2. The van der Waals surface area contributed by atoms with Gasteiger partial charge in [0.05, 0.1) is 15.6 Å². The van der Waals surface area contributed by atoms with E-state index in [1.807, 2.05) is 18.2 Å². The number of ketones is 1. The van der Waals surface area contributed by atoms with Crippen molar-refractivity contribution in [3.05, 3.63) is 35.9 Å². The molecule has 4 unspecified atom stereocenters. The quantitative estimate of drug-likeness (QED) is 0.808. The van der Waals surface area contributed by atoms with E-state index in [0.29, 0.717) is 0 Å². The van der Waals surface area contributed by atoms with E-state index >= 15 is 0 Å². The van der Waals surface area contributed by atoms with E-state index in [2.05, 4.69) is 0 Å². The van der Waals surface area contributed by atoms with E-state index < -0.39 is 21.7 Å². The molecule has 1 aromatic rings. The van der Waals surface area contributed by atoms with Crippen molar-refractivity contribution in [2.45, 2.75) is 28.2 Å². The number of carbonyl (C=O) groups is 1. The van der Waals surface area contributed by atoms with Crippen molar-refractivity contribution in [1.82, 2.24) is 0 Å². The molecule has 1 saturated carbocycles. The second-order valence-electron chi connectivity index (χ2n) is 4.16. The van der Waals surface area contributed by atoms with Crippen LogP contribution in [-0.4, -0.2) is 27.7 Å². The molecular formula is C12H11Cl3O2. The number of hydrogen-bond donors (Lipinski definition) is 1. The normalized spacial score (nSPS) is 38.1. The van der Waals surface area contributed by atoms with Crippen LogP contribution in [0.2, 0.25) is 0 Å². The molecule has 0 aromatic heterocycles. The van der Waals surface area contributed by atoms with Crippen molar-refractivity contribution in [3.63, 3.8) is 0 Å². The van der Waals surface area contributed by atoms with Crippen LogP contribution in [0.15, 0.2) is 30.3 Å². The van der Waals surface area contributed by atoms with Crippen molar-refractivity contribution >= 4 is 40.6 Å². The minimum Gasteiger partial charge on any atom is -0.384 e. The molecule has 1 aliphatic rings. The maximum Gasteiger partial charge on any atom is 0.165 e. The summed E-state index contributed by atoms with van der Waals surface area (Å²) in [5.41, 5.74) is 0.743. The van der Waals surface area contributed by atoms with Gasteiger partial charge in [0.1, 0.15) is 6.10 Å². The van der Waals surface area contributed by atoms with Crippen molar-refractivity contribution in [3.8, 4) is 0 Å². The second kappa shape index (κ2) is 4.77. The Labute approximate surface area is 114 Å². The van der Waals surface area contributed by atoms with Gasteiger partial charge < -0.3 is 5.11 Å². The molecular weight excluding hydrogens is 282 g/mol. The second-order valence-corrected chi connectivity index (χ2v) is 5.81. The van der Waals surface area contributed by atoms with Gasteiger partial charge in [0.15, 0.2) is 5.78 Å². The molecule has 1 aromatic carbocycles. The SMILES string of the molecule is O=C1CC(Cl)(c2ccccc2)C(Cl)C(Cl)C1O. The Kier molecular flexibility index (Phi) is 3.69. The lowest BCUT2D eigenvalue weighted by Crippen LogP contribution is -2.52. The fourth-order valence-electron chi connectivity index (χ4n) is 2.02. The van der Waals surface area contributed by atoms with Gasteiger partial charge in [0, 0.05) is 6.42 Å². The molecule has 1 N–H and O–H groups in total. The molecule has 4 atom stereocenters. The number of aliphatic hydroxyl groups is 1. The number of aliphatic hydroxyl groups excluding tert-OH is 1. The number of rotatable bonds is 1. The predicted molar refractivity (Wildman–Crippen MR) is 68.9 cm³/mol. The van der Waals surface area contributed by atoms with E-state index in [-0.39, 0.29) is 12.2 Å². The highest BCUT2D eigenvalue weighted by molar-refractivity contribution is 6.39. The van der Waals surface area contributed by atoms with Crippen LogP contribution < -0.4 is 0 Å². The third-order valence-electron chi connectivity index (χ3n) is 3.03. The first-order valence-corrected chi connectivity index (χ1v) is 6.45. The smallest absolute Gasteiger partial charge is 0.165 e. The molecule has 2 rings (SSSR count).